The maximum atomic E-state index is 12.6. The molecule has 1 aliphatic rings. The van der Waals surface area contributed by atoms with Gasteiger partial charge in [0.05, 0.1) is 6.61 Å². The zero-order valence-electron chi connectivity index (χ0n) is 12.3. The molecular weight excluding hydrogens is 278 g/mol. The number of nitrogens with zero attached hydrogens (tertiary/aromatic N) is 1. The molecule has 114 valence electrons. The lowest BCUT2D eigenvalue weighted by molar-refractivity contribution is -0.164. The predicted octanol–water partition coefficient (Wildman–Crippen LogP) is 2.15. The van der Waals surface area contributed by atoms with Gasteiger partial charge in [0.2, 0.25) is 0 Å². The molecule has 4 heteroatoms. The number of rotatable bonds is 4. The Kier molecular flexibility index (Phi) is 4.51. The van der Waals surface area contributed by atoms with Gasteiger partial charge in [0.1, 0.15) is 6.10 Å². The van der Waals surface area contributed by atoms with Gasteiger partial charge in [-0.2, -0.15) is 0 Å². The summed E-state index contributed by atoms with van der Waals surface area (Å²) in [5, 5.41) is 10.4. The minimum atomic E-state index is -0.938. The van der Waals surface area contributed by atoms with Crippen molar-refractivity contribution in [2.24, 2.45) is 0 Å². The number of ether oxygens (including phenoxy) is 1. The Labute approximate surface area is 130 Å². The van der Waals surface area contributed by atoms with Crippen molar-refractivity contribution in [1.82, 2.24) is 4.90 Å². The number of carbonyl (C=O) groups is 1. The molecule has 2 aromatic carbocycles. The largest absolute Gasteiger partial charge is 0.385 e. The van der Waals surface area contributed by atoms with Crippen molar-refractivity contribution >= 4 is 5.91 Å². The zero-order chi connectivity index (χ0) is 15.4. The van der Waals surface area contributed by atoms with Crippen LogP contribution in [0.25, 0.3) is 0 Å². The van der Waals surface area contributed by atoms with Gasteiger partial charge in [0.25, 0.3) is 5.91 Å². The summed E-state index contributed by atoms with van der Waals surface area (Å²) in [5.74, 6) is -0.161. The molecule has 2 aromatic rings. The second-order valence-electron chi connectivity index (χ2n) is 5.39. The Balaban J connectivity index is 1.72. The quantitative estimate of drug-likeness (QED) is 0.940. The highest BCUT2D eigenvalue weighted by atomic mass is 16.5. The summed E-state index contributed by atoms with van der Waals surface area (Å²) in [7, 11) is 0. The minimum Gasteiger partial charge on any atom is -0.385 e. The van der Waals surface area contributed by atoms with E-state index < -0.39 is 12.2 Å². The normalized spacial score (nSPS) is 20.0. The Bertz CT molecular complexity index is 615. The van der Waals surface area contributed by atoms with Gasteiger partial charge in [-0.25, -0.2) is 0 Å². The van der Waals surface area contributed by atoms with Crippen molar-refractivity contribution in [3.63, 3.8) is 0 Å². The Hall–Kier alpha value is -2.17. The minimum absolute atomic E-state index is 0.161. The molecule has 1 heterocycles. The summed E-state index contributed by atoms with van der Waals surface area (Å²) in [6, 6.07) is 19.0. The number of aliphatic hydroxyl groups is 1. The van der Waals surface area contributed by atoms with E-state index in [1.807, 2.05) is 48.5 Å². The smallest absolute Gasteiger partial charge is 0.255 e. The van der Waals surface area contributed by atoms with Crippen LogP contribution in [0.3, 0.4) is 0 Å². The highest BCUT2D eigenvalue weighted by molar-refractivity contribution is 5.82. The summed E-state index contributed by atoms with van der Waals surface area (Å²) < 4.78 is 5.53. The van der Waals surface area contributed by atoms with Crippen LogP contribution >= 0.6 is 0 Å². The summed E-state index contributed by atoms with van der Waals surface area (Å²) in [6.07, 6.45) is -1.77. The molecule has 2 atom stereocenters. The number of amides is 1. The van der Waals surface area contributed by atoms with Gasteiger partial charge in [-0.3, -0.25) is 4.79 Å². The highest BCUT2D eigenvalue weighted by Crippen LogP contribution is 2.24. The van der Waals surface area contributed by atoms with E-state index in [1.165, 1.54) is 0 Å². The van der Waals surface area contributed by atoms with Gasteiger partial charge in [-0.05, 0) is 11.1 Å². The molecule has 0 saturated carbocycles. The van der Waals surface area contributed by atoms with Crippen molar-refractivity contribution < 1.29 is 14.6 Å². The van der Waals surface area contributed by atoms with Crippen LogP contribution in [0.1, 0.15) is 17.2 Å². The second-order valence-corrected chi connectivity index (χ2v) is 5.39. The lowest BCUT2D eigenvalue weighted by atomic mass is 10.0. The number of aliphatic hydroxyl groups excluding tert-OH is 1. The van der Waals surface area contributed by atoms with E-state index in [1.54, 1.807) is 17.0 Å². The van der Waals surface area contributed by atoms with Crippen molar-refractivity contribution in [3.8, 4) is 0 Å². The van der Waals surface area contributed by atoms with Crippen LogP contribution in [0.5, 0.6) is 0 Å². The van der Waals surface area contributed by atoms with Gasteiger partial charge < -0.3 is 14.7 Å². The summed E-state index contributed by atoms with van der Waals surface area (Å²) in [5.41, 5.74) is 1.77. The van der Waals surface area contributed by atoms with Crippen molar-refractivity contribution in [2.45, 2.75) is 18.8 Å². The SMILES string of the molecule is O=C1[C@H]([C@@H](O)c2ccccc2)OCCN1Cc1ccccc1. The first-order valence-corrected chi connectivity index (χ1v) is 7.43. The number of hydrogen-bond donors (Lipinski definition) is 1. The monoisotopic (exact) mass is 297 g/mol. The predicted molar refractivity (Wildman–Crippen MR) is 83.0 cm³/mol. The van der Waals surface area contributed by atoms with Gasteiger partial charge in [-0.1, -0.05) is 60.7 Å². The lowest BCUT2D eigenvalue weighted by Crippen LogP contribution is -2.49. The number of carbonyl (C=O) groups excluding carboxylic acids is 1. The Morgan fingerprint density at radius 3 is 2.41 bits per heavy atom. The van der Waals surface area contributed by atoms with Crippen LogP contribution in [0, 0.1) is 0 Å². The third-order valence-electron chi connectivity index (χ3n) is 3.86. The third kappa shape index (κ3) is 3.18. The molecule has 22 heavy (non-hydrogen) atoms. The van der Waals surface area contributed by atoms with Crippen LogP contribution in [0.4, 0.5) is 0 Å². The van der Waals surface area contributed by atoms with Crippen LogP contribution in [0.2, 0.25) is 0 Å². The van der Waals surface area contributed by atoms with Crippen molar-refractivity contribution in [1.29, 1.82) is 0 Å². The molecule has 0 bridgehead atoms. The Morgan fingerprint density at radius 1 is 1.09 bits per heavy atom. The van der Waals surface area contributed by atoms with E-state index in [9.17, 15) is 9.90 Å². The molecule has 1 amide bonds. The number of morpholine rings is 1. The van der Waals surface area contributed by atoms with E-state index in [4.69, 9.17) is 4.74 Å². The van der Waals surface area contributed by atoms with Gasteiger partial charge in [0, 0.05) is 13.1 Å². The van der Waals surface area contributed by atoms with Crippen LogP contribution in [0.15, 0.2) is 60.7 Å². The first-order valence-electron chi connectivity index (χ1n) is 7.43. The van der Waals surface area contributed by atoms with Gasteiger partial charge >= 0.3 is 0 Å². The fraction of sp³-hybridized carbons (Fsp3) is 0.278. The molecule has 0 aromatic heterocycles. The molecule has 1 saturated heterocycles. The maximum absolute atomic E-state index is 12.6. The third-order valence-corrected chi connectivity index (χ3v) is 3.86. The average molecular weight is 297 g/mol. The van der Waals surface area contributed by atoms with E-state index in [2.05, 4.69) is 0 Å². The fourth-order valence-corrected chi connectivity index (χ4v) is 2.66. The average Bonchev–Trinajstić information content (AvgIpc) is 2.58. The van der Waals surface area contributed by atoms with Crippen molar-refractivity contribution in [2.75, 3.05) is 13.2 Å². The fourth-order valence-electron chi connectivity index (χ4n) is 2.66. The van der Waals surface area contributed by atoms with Crippen molar-refractivity contribution in [3.05, 3.63) is 71.8 Å². The summed E-state index contributed by atoms with van der Waals surface area (Å²) in [6.45, 7) is 1.53. The van der Waals surface area contributed by atoms with Crippen LogP contribution in [-0.2, 0) is 16.1 Å². The first-order chi connectivity index (χ1) is 10.8. The molecule has 3 rings (SSSR count). The molecular formula is C18H19NO3. The molecule has 0 radical (unpaired) electrons. The molecule has 0 spiro atoms. The molecule has 1 aliphatic heterocycles. The number of hydrogen-bond acceptors (Lipinski definition) is 3. The summed E-state index contributed by atoms with van der Waals surface area (Å²) in [4.78, 5) is 14.3. The highest BCUT2D eigenvalue weighted by Gasteiger charge is 2.35. The molecule has 1 N–H and O–H groups in total. The molecule has 1 fully saturated rings. The van der Waals surface area contributed by atoms with E-state index >= 15 is 0 Å². The standard InChI is InChI=1S/C18H19NO3/c20-16(15-9-5-2-6-10-15)17-18(21)19(11-12-22-17)13-14-7-3-1-4-8-14/h1-10,16-17,20H,11-13H2/t16-,17-/m0/s1. The lowest BCUT2D eigenvalue weighted by Gasteiger charge is -2.34. The zero-order valence-corrected chi connectivity index (χ0v) is 12.3. The first kappa shape index (κ1) is 14.8. The van der Waals surface area contributed by atoms with Gasteiger partial charge in [0.15, 0.2) is 6.10 Å². The van der Waals surface area contributed by atoms with Crippen LogP contribution < -0.4 is 0 Å². The number of benzene rings is 2. The van der Waals surface area contributed by atoms with E-state index in [0.29, 0.717) is 25.3 Å². The van der Waals surface area contributed by atoms with Gasteiger partial charge in [-0.15, -0.1) is 0 Å². The van der Waals surface area contributed by atoms with E-state index in [0.717, 1.165) is 5.56 Å². The second kappa shape index (κ2) is 6.73. The topological polar surface area (TPSA) is 49.8 Å². The van der Waals surface area contributed by atoms with Crippen LogP contribution in [-0.4, -0.2) is 35.2 Å². The molecule has 0 unspecified atom stereocenters. The summed E-state index contributed by atoms with van der Waals surface area (Å²) >= 11 is 0. The Morgan fingerprint density at radius 2 is 1.73 bits per heavy atom. The molecule has 0 aliphatic carbocycles. The molecule has 4 nitrogen and oxygen atoms in total. The maximum Gasteiger partial charge on any atom is 0.255 e. The van der Waals surface area contributed by atoms with E-state index in [-0.39, 0.29) is 5.91 Å².